The lowest BCUT2D eigenvalue weighted by Crippen LogP contribution is -2.40. The average molecular weight is 281 g/mol. The molecule has 0 unspecified atom stereocenters. The van der Waals surface area contributed by atoms with E-state index >= 15 is 0 Å². The smallest absolute Gasteiger partial charge is 0.308 e. The van der Waals surface area contributed by atoms with Crippen molar-refractivity contribution in [1.29, 1.82) is 0 Å². The fourth-order valence-corrected chi connectivity index (χ4v) is 2.49. The van der Waals surface area contributed by atoms with Gasteiger partial charge in [0.05, 0.1) is 13.0 Å². The van der Waals surface area contributed by atoms with Crippen molar-refractivity contribution in [3.05, 3.63) is 29.6 Å². The first kappa shape index (κ1) is 14.3. The van der Waals surface area contributed by atoms with Gasteiger partial charge in [-0.15, -0.1) is 0 Å². The molecule has 0 aliphatic heterocycles. The quantitative estimate of drug-likeness (QED) is 0.882. The molecule has 1 aliphatic rings. The maximum atomic E-state index is 13.5. The molecule has 0 aromatic heterocycles. The van der Waals surface area contributed by atoms with Crippen LogP contribution >= 0.6 is 0 Å². The number of carboxylic acid groups (broad SMARTS) is 1. The number of benzene rings is 1. The Labute approximate surface area is 115 Å². The molecule has 108 valence electrons. The minimum atomic E-state index is -0.909. The average Bonchev–Trinajstić information content (AvgIpc) is 2.86. The van der Waals surface area contributed by atoms with E-state index in [1.165, 1.54) is 19.2 Å². The molecule has 1 aliphatic carbocycles. The Bertz CT molecular complexity index is 532. The van der Waals surface area contributed by atoms with Crippen LogP contribution in [0.25, 0.3) is 0 Å². The molecule has 20 heavy (non-hydrogen) atoms. The van der Waals surface area contributed by atoms with Gasteiger partial charge >= 0.3 is 5.97 Å². The molecule has 6 heteroatoms. The molecule has 2 rings (SSSR count). The molecule has 2 N–H and O–H groups in total. The van der Waals surface area contributed by atoms with E-state index in [1.807, 2.05) is 0 Å². The number of rotatable bonds is 4. The van der Waals surface area contributed by atoms with Gasteiger partial charge in [-0.3, -0.25) is 9.59 Å². The van der Waals surface area contributed by atoms with Crippen LogP contribution < -0.4 is 10.1 Å². The van der Waals surface area contributed by atoms with Crippen molar-refractivity contribution < 1.29 is 23.8 Å². The number of hydrogen-bond donors (Lipinski definition) is 2. The zero-order valence-corrected chi connectivity index (χ0v) is 11.1. The van der Waals surface area contributed by atoms with Crippen molar-refractivity contribution in [2.75, 3.05) is 7.11 Å². The normalized spacial score (nSPS) is 21.5. The zero-order valence-electron chi connectivity index (χ0n) is 11.1. The second-order valence-corrected chi connectivity index (χ2v) is 4.80. The zero-order chi connectivity index (χ0) is 14.7. The van der Waals surface area contributed by atoms with Crippen molar-refractivity contribution in [2.24, 2.45) is 5.92 Å². The number of carbonyl (C=O) groups excluding carboxylic acids is 1. The van der Waals surface area contributed by atoms with Crippen molar-refractivity contribution in [2.45, 2.75) is 25.3 Å². The number of ether oxygens (including phenoxy) is 1. The molecule has 2 atom stereocenters. The SMILES string of the molecule is COc1ccc(C(=O)N[C@@H]2CCC[C@@H]2C(=O)O)cc1F. The van der Waals surface area contributed by atoms with Crippen molar-refractivity contribution in [3.8, 4) is 5.75 Å². The van der Waals surface area contributed by atoms with Crippen molar-refractivity contribution in [1.82, 2.24) is 5.32 Å². The first-order valence-electron chi connectivity index (χ1n) is 6.40. The number of hydrogen-bond acceptors (Lipinski definition) is 3. The summed E-state index contributed by atoms with van der Waals surface area (Å²) in [5, 5.41) is 11.7. The van der Waals surface area contributed by atoms with Gasteiger partial charge in [-0.2, -0.15) is 0 Å². The molecule has 1 aromatic carbocycles. The highest BCUT2D eigenvalue weighted by Crippen LogP contribution is 2.26. The molecule has 1 fully saturated rings. The predicted octanol–water partition coefficient (Wildman–Crippen LogP) is 1.82. The summed E-state index contributed by atoms with van der Waals surface area (Å²) in [4.78, 5) is 23.0. The first-order valence-corrected chi connectivity index (χ1v) is 6.40. The molecule has 0 bridgehead atoms. The van der Waals surface area contributed by atoms with Crippen LogP contribution in [0.2, 0.25) is 0 Å². The maximum Gasteiger partial charge on any atom is 0.308 e. The van der Waals surface area contributed by atoms with E-state index in [0.29, 0.717) is 12.8 Å². The molecule has 0 saturated heterocycles. The third kappa shape index (κ3) is 2.89. The summed E-state index contributed by atoms with van der Waals surface area (Å²) in [6.45, 7) is 0. The predicted molar refractivity (Wildman–Crippen MR) is 69.2 cm³/mol. The van der Waals surface area contributed by atoms with Crippen LogP contribution in [0.3, 0.4) is 0 Å². The van der Waals surface area contributed by atoms with Crippen LogP contribution in [0.15, 0.2) is 18.2 Å². The molecular formula is C14H16FNO4. The number of halogens is 1. The maximum absolute atomic E-state index is 13.5. The number of nitrogens with one attached hydrogen (secondary N) is 1. The summed E-state index contributed by atoms with van der Waals surface area (Å²) < 4.78 is 18.3. The Balaban J connectivity index is 2.08. The minimum absolute atomic E-state index is 0.0610. The second kappa shape index (κ2) is 5.90. The van der Waals surface area contributed by atoms with Crippen LogP contribution in [0.1, 0.15) is 29.6 Å². The molecule has 0 spiro atoms. The van der Waals surface area contributed by atoms with Crippen LogP contribution in [0, 0.1) is 11.7 Å². The van der Waals surface area contributed by atoms with E-state index < -0.39 is 29.7 Å². The van der Waals surface area contributed by atoms with Gasteiger partial charge in [0.15, 0.2) is 11.6 Å². The van der Waals surface area contributed by atoms with Crippen LogP contribution in [0.5, 0.6) is 5.75 Å². The van der Waals surface area contributed by atoms with Crippen molar-refractivity contribution in [3.63, 3.8) is 0 Å². The number of amides is 1. The summed E-state index contributed by atoms with van der Waals surface area (Å²) in [6.07, 6.45) is 1.94. The van der Waals surface area contributed by atoms with E-state index in [-0.39, 0.29) is 11.3 Å². The molecule has 5 nitrogen and oxygen atoms in total. The van der Waals surface area contributed by atoms with Gasteiger partial charge in [0.1, 0.15) is 0 Å². The van der Waals surface area contributed by atoms with Gasteiger partial charge in [-0.05, 0) is 31.0 Å². The van der Waals surface area contributed by atoms with Gasteiger partial charge in [0.2, 0.25) is 0 Å². The highest BCUT2D eigenvalue weighted by molar-refractivity contribution is 5.94. The van der Waals surface area contributed by atoms with Gasteiger partial charge < -0.3 is 15.2 Å². The third-order valence-electron chi connectivity index (χ3n) is 3.56. The molecule has 0 heterocycles. The monoisotopic (exact) mass is 281 g/mol. The Morgan fingerprint density at radius 3 is 2.75 bits per heavy atom. The highest BCUT2D eigenvalue weighted by Gasteiger charge is 2.34. The Hall–Kier alpha value is -2.11. The fourth-order valence-electron chi connectivity index (χ4n) is 2.49. The Morgan fingerprint density at radius 1 is 1.40 bits per heavy atom. The van der Waals surface area contributed by atoms with Gasteiger partial charge in [-0.1, -0.05) is 6.42 Å². The molecule has 1 aromatic rings. The summed E-state index contributed by atoms with van der Waals surface area (Å²) in [7, 11) is 1.34. The number of aliphatic carboxylic acids is 1. The highest BCUT2D eigenvalue weighted by atomic mass is 19.1. The number of carbonyl (C=O) groups is 2. The summed E-state index contributed by atoms with van der Waals surface area (Å²) in [5.74, 6) is -2.51. The van der Waals surface area contributed by atoms with E-state index in [2.05, 4.69) is 5.32 Å². The number of methoxy groups -OCH3 is 1. The van der Waals surface area contributed by atoms with Gasteiger partial charge in [0.25, 0.3) is 5.91 Å². The fraction of sp³-hybridized carbons (Fsp3) is 0.429. The summed E-state index contributed by atoms with van der Waals surface area (Å²) in [6, 6.07) is 3.50. The molecule has 0 radical (unpaired) electrons. The van der Waals surface area contributed by atoms with Crippen LogP contribution in [-0.4, -0.2) is 30.1 Å². The van der Waals surface area contributed by atoms with Gasteiger partial charge in [-0.25, -0.2) is 4.39 Å². The molecule has 1 amide bonds. The lowest BCUT2D eigenvalue weighted by molar-refractivity contribution is -0.142. The Kier molecular flexibility index (Phi) is 4.22. The largest absolute Gasteiger partial charge is 0.494 e. The topological polar surface area (TPSA) is 75.6 Å². The molecular weight excluding hydrogens is 265 g/mol. The summed E-state index contributed by atoms with van der Waals surface area (Å²) in [5.41, 5.74) is 0.152. The van der Waals surface area contributed by atoms with E-state index in [9.17, 15) is 14.0 Å². The molecule has 1 saturated carbocycles. The number of carboxylic acids is 1. The van der Waals surface area contributed by atoms with E-state index in [4.69, 9.17) is 9.84 Å². The Morgan fingerprint density at radius 2 is 2.15 bits per heavy atom. The van der Waals surface area contributed by atoms with E-state index in [0.717, 1.165) is 12.5 Å². The third-order valence-corrected chi connectivity index (χ3v) is 3.56. The van der Waals surface area contributed by atoms with E-state index in [1.54, 1.807) is 0 Å². The van der Waals surface area contributed by atoms with Crippen molar-refractivity contribution >= 4 is 11.9 Å². The van der Waals surface area contributed by atoms with Crippen LogP contribution in [-0.2, 0) is 4.79 Å². The first-order chi connectivity index (χ1) is 9.52. The van der Waals surface area contributed by atoms with Crippen LogP contribution in [0.4, 0.5) is 4.39 Å². The lowest BCUT2D eigenvalue weighted by Gasteiger charge is -2.17. The standard InChI is InChI=1S/C14H16FNO4/c1-20-12-6-5-8(7-10(12)15)13(17)16-11-4-2-3-9(11)14(18)19/h5-7,9,11H,2-4H2,1H3,(H,16,17)(H,18,19)/t9-,11+/m0/s1. The summed E-state index contributed by atoms with van der Waals surface area (Å²) >= 11 is 0. The minimum Gasteiger partial charge on any atom is -0.494 e. The second-order valence-electron chi connectivity index (χ2n) is 4.80. The lowest BCUT2D eigenvalue weighted by atomic mass is 10.0. The van der Waals surface area contributed by atoms with Gasteiger partial charge in [0, 0.05) is 11.6 Å².